The van der Waals surface area contributed by atoms with Gasteiger partial charge in [0.05, 0.1) is 12.6 Å². The lowest BCUT2D eigenvalue weighted by atomic mass is 9.97. The number of amides is 1. The first-order valence-corrected chi connectivity index (χ1v) is 7.85. The Labute approximate surface area is 143 Å². The number of fused-ring (bicyclic) bond motifs is 1. The summed E-state index contributed by atoms with van der Waals surface area (Å²) in [6, 6.07) is 10.6. The van der Waals surface area contributed by atoms with Gasteiger partial charge in [-0.2, -0.15) is 0 Å². The summed E-state index contributed by atoms with van der Waals surface area (Å²) in [5, 5.41) is 4.97. The predicted molar refractivity (Wildman–Crippen MR) is 91.2 cm³/mol. The average molecular weight is 356 g/mol. The molecule has 2 aromatic rings. The third kappa shape index (κ3) is 2.82. The van der Waals surface area contributed by atoms with Gasteiger partial charge in [-0.1, -0.05) is 40.9 Å². The van der Waals surface area contributed by atoms with Gasteiger partial charge < -0.3 is 4.90 Å². The fourth-order valence-corrected chi connectivity index (χ4v) is 3.33. The smallest absolute Gasteiger partial charge is 0.240 e. The van der Waals surface area contributed by atoms with Crippen LogP contribution in [0.1, 0.15) is 17.2 Å². The summed E-state index contributed by atoms with van der Waals surface area (Å²) in [6.45, 7) is 0.215. The molecule has 6 heteroatoms. The summed E-state index contributed by atoms with van der Waals surface area (Å²) < 4.78 is 0. The Bertz CT molecular complexity index is 748. The van der Waals surface area contributed by atoms with Crippen LogP contribution in [0.3, 0.4) is 0 Å². The highest BCUT2D eigenvalue weighted by atomic mass is 35.5. The van der Waals surface area contributed by atoms with E-state index in [2.05, 4.69) is 5.32 Å². The van der Waals surface area contributed by atoms with Crippen molar-refractivity contribution in [3.8, 4) is 0 Å². The second-order valence-corrected chi connectivity index (χ2v) is 6.42. The molecule has 0 saturated carbocycles. The fourth-order valence-electron chi connectivity index (χ4n) is 2.63. The second kappa shape index (κ2) is 6.09. The Morgan fingerprint density at radius 2 is 1.73 bits per heavy atom. The SMILES string of the molecule is CN1C(=O)CNC(c2ccc(Cl)cc2Cl)c2cc(Cl)ccc21. The standard InChI is InChI=1S/C16H13Cl3N2O/c1-21-14-5-3-9(17)6-12(14)16(20-8-15(21)22)11-4-2-10(18)7-13(11)19/h2-7,16,20H,8H2,1H3. The number of nitrogens with zero attached hydrogens (tertiary/aromatic N) is 1. The van der Waals surface area contributed by atoms with Crippen LogP contribution in [0.15, 0.2) is 36.4 Å². The van der Waals surface area contributed by atoms with Gasteiger partial charge in [0.25, 0.3) is 0 Å². The highest BCUT2D eigenvalue weighted by molar-refractivity contribution is 6.35. The molecule has 22 heavy (non-hydrogen) atoms. The lowest BCUT2D eigenvalue weighted by Gasteiger charge is -2.22. The van der Waals surface area contributed by atoms with E-state index in [1.807, 2.05) is 18.2 Å². The van der Waals surface area contributed by atoms with E-state index in [1.165, 1.54) is 0 Å². The molecule has 1 aliphatic rings. The van der Waals surface area contributed by atoms with Crippen LogP contribution in [-0.2, 0) is 4.79 Å². The summed E-state index contributed by atoms with van der Waals surface area (Å²) in [5.74, 6) is -0.0174. The fraction of sp³-hybridized carbons (Fsp3) is 0.188. The lowest BCUT2D eigenvalue weighted by Crippen LogP contribution is -2.33. The Morgan fingerprint density at radius 3 is 2.45 bits per heavy atom. The first-order chi connectivity index (χ1) is 10.5. The molecule has 0 fully saturated rings. The summed E-state index contributed by atoms with van der Waals surface area (Å²) in [4.78, 5) is 13.8. The van der Waals surface area contributed by atoms with Gasteiger partial charge in [0, 0.05) is 27.8 Å². The minimum absolute atomic E-state index is 0.0174. The summed E-state index contributed by atoms with van der Waals surface area (Å²) in [5.41, 5.74) is 2.58. The van der Waals surface area contributed by atoms with Gasteiger partial charge in [-0.05, 0) is 41.5 Å². The van der Waals surface area contributed by atoms with Crippen LogP contribution < -0.4 is 10.2 Å². The molecule has 1 unspecified atom stereocenters. The van der Waals surface area contributed by atoms with E-state index >= 15 is 0 Å². The molecule has 2 aromatic carbocycles. The molecular weight excluding hydrogens is 343 g/mol. The Balaban J connectivity index is 2.18. The van der Waals surface area contributed by atoms with Crippen molar-refractivity contribution in [2.75, 3.05) is 18.5 Å². The van der Waals surface area contributed by atoms with E-state index in [1.54, 1.807) is 30.1 Å². The third-order valence-electron chi connectivity index (χ3n) is 3.77. The first kappa shape index (κ1) is 15.6. The summed E-state index contributed by atoms with van der Waals surface area (Å²) in [6.07, 6.45) is 0. The maximum atomic E-state index is 12.2. The van der Waals surface area contributed by atoms with Crippen LogP contribution >= 0.6 is 34.8 Å². The zero-order chi connectivity index (χ0) is 15.9. The van der Waals surface area contributed by atoms with Crippen molar-refractivity contribution in [2.24, 2.45) is 0 Å². The molecule has 0 bridgehead atoms. The third-order valence-corrected chi connectivity index (χ3v) is 4.56. The number of benzene rings is 2. The van der Waals surface area contributed by atoms with Crippen LogP contribution in [0, 0.1) is 0 Å². The van der Waals surface area contributed by atoms with Crippen LogP contribution in [0.2, 0.25) is 15.1 Å². The van der Waals surface area contributed by atoms with E-state index < -0.39 is 0 Å². The predicted octanol–water partition coefficient (Wildman–Crippen LogP) is 4.30. The molecular formula is C16H13Cl3N2O. The number of anilines is 1. The Kier molecular flexibility index (Phi) is 4.33. The lowest BCUT2D eigenvalue weighted by molar-refractivity contribution is -0.117. The van der Waals surface area contributed by atoms with Gasteiger partial charge in [0.1, 0.15) is 0 Å². The zero-order valence-corrected chi connectivity index (χ0v) is 14.0. The second-order valence-electron chi connectivity index (χ2n) is 5.14. The van der Waals surface area contributed by atoms with Crippen molar-refractivity contribution in [1.82, 2.24) is 5.32 Å². The Morgan fingerprint density at radius 1 is 1.05 bits per heavy atom. The van der Waals surface area contributed by atoms with Crippen molar-refractivity contribution in [2.45, 2.75) is 6.04 Å². The van der Waals surface area contributed by atoms with E-state index in [-0.39, 0.29) is 18.5 Å². The number of nitrogens with one attached hydrogen (secondary N) is 1. The molecule has 114 valence electrons. The molecule has 1 N–H and O–H groups in total. The van der Waals surface area contributed by atoms with Gasteiger partial charge in [-0.15, -0.1) is 0 Å². The normalized spacial score (nSPS) is 18.1. The number of rotatable bonds is 1. The van der Waals surface area contributed by atoms with Gasteiger partial charge in [0.15, 0.2) is 0 Å². The molecule has 3 rings (SSSR count). The average Bonchev–Trinajstić information content (AvgIpc) is 2.58. The highest BCUT2D eigenvalue weighted by Crippen LogP contribution is 2.37. The number of carbonyl (C=O) groups is 1. The van der Waals surface area contributed by atoms with Crippen LogP contribution in [0.4, 0.5) is 5.69 Å². The van der Waals surface area contributed by atoms with Crippen molar-refractivity contribution in [3.63, 3.8) is 0 Å². The first-order valence-electron chi connectivity index (χ1n) is 6.71. The van der Waals surface area contributed by atoms with Gasteiger partial charge in [-0.3, -0.25) is 10.1 Å². The maximum Gasteiger partial charge on any atom is 0.240 e. The van der Waals surface area contributed by atoms with Crippen LogP contribution in [0.25, 0.3) is 0 Å². The van der Waals surface area contributed by atoms with Crippen molar-refractivity contribution < 1.29 is 4.79 Å². The molecule has 0 saturated heterocycles. The molecule has 1 heterocycles. The zero-order valence-electron chi connectivity index (χ0n) is 11.7. The quantitative estimate of drug-likeness (QED) is 0.827. The topological polar surface area (TPSA) is 32.3 Å². The van der Waals surface area contributed by atoms with Crippen molar-refractivity contribution in [1.29, 1.82) is 0 Å². The van der Waals surface area contributed by atoms with Crippen molar-refractivity contribution >= 4 is 46.4 Å². The summed E-state index contributed by atoms with van der Waals surface area (Å²) in [7, 11) is 1.75. The molecule has 0 radical (unpaired) electrons. The molecule has 0 spiro atoms. The van der Waals surface area contributed by atoms with Gasteiger partial charge >= 0.3 is 0 Å². The molecule has 1 amide bonds. The van der Waals surface area contributed by atoms with E-state index in [4.69, 9.17) is 34.8 Å². The monoisotopic (exact) mass is 354 g/mol. The molecule has 3 nitrogen and oxygen atoms in total. The van der Waals surface area contributed by atoms with Crippen molar-refractivity contribution in [3.05, 3.63) is 62.6 Å². The molecule has 1 aliphatic heterocycles. The van der Waals surface area contributed by atoms with Gasteiger partial charge in [-0.25, -0.2) is 0 Å². The minimum atomic E-state index is -0.229. The highest BCUT2D eigenvalue weighted by Gasteiger charge is 2.27. The number of likely N-dealkylation sites (N-methyl/N-ethyl adjacent to an activating group) is 1. The number of hydrogen-bond donors (Lipinski definition) is 1. The van der Waals surface area contributed by atoms with E-state index in [0.717, 1.165) is 16.8 Å². The maximum absolute atomic E-state index is 12.2. The molecule has 0 aliphatic carbocycles. The van der Waals surface area contributed by atoms with E-state index in [0.29, 0.717) is 15.1 Å². The van der Waals surface area contributed by atoms with E-state index in [9.17, 15) is 4.79 Å². The molecule has 0 aromatic heterocycles. The minimum Gasteiger partial charge on any atom is -0.314 e. The summed E-state index contributed by atoms with van der Waals surface area (Å²) >= 11 is 18.5. The van der Waals surface area contributed by atoms with Crippen LogP contribution in [-0.4, -0.2) is 19.5 Å². The Hall–Kier alpha value is -1.26. The van der Waals surface area contributed by atoms with Crippen LogP contribution in [0.5, 0.6) is 0 Å². The van der Waals surface area contributed by atoms with Gasteiger partial charge in [0.2, 0.25) is 5.91 Å². The number of hydrogen-bond acceptors (Lipinski definition) is 2. The molecule has 1 atom stereocenters. The number of carbonyl (C=O) groups excluding carboxylic acids is 1. The number of halogens is 3. The largest absolute Gasteiger partial charge is 0.314 e.